The van der Waals surface area contributed by atoms with Gasteiger partial charge in [0.05, 0.1) is 36.0 Å². The SMILES string of the molecule is Cn1cncc1Cn1ccc(-c2cccc(-c3ccc4ncccc4c3)c2)n1. The molecular weight excluding hydrogens is 346 g/mol. The molecule has 0 unspecified atom stereocenters. The van der Waals surface area contributed by atoms with Crippen LogP contribution in [0.25, 0.3) is 33.3 Å². The summed E-state index contributed by atoms with van der Waals surface area (Å²) in [5.41, 5.74) is 6.55. The van der Waals surface area contributed by atoms with E-state index in [0.717, 1.165) is 27.9 Å². The summed E-state index contributed by atoms with van der Waals surface area (Å²) < 4.78 is 3.96. The topological polar surface area (TPSA) is 48.5 Å². The van der Waals surface area contributed by atoms with Crippen molar-refractivity contribution in [1.29, 1.82) is 0 Å². The maximum Gasteiger partial charge on any atom is 0.0946 e. The van der Waals surface area contributed by atoms with Gasteiger partial charge in [0.15, 0.2) is 0 Å². The van der Waals surface area contributed by atoms with E-state index in [0.29, 0.717) is 6.54 Å². The molecule has 0 bridgehead atoms. The third-order valence-corrected chi connectivity index (χ3v) is 4.98. The number of benzene rings is 2. The van der Waals surface area contributed by atoms with Crippen LogP contribution in [0.2, 0.25) is 0 Å². The number of hydrogen-bond donors (Lipinski definition) is 0. The Morgan fingerprint density at radius 3 is 2.68 bits per heavy atom. The first-order valence-electron chi connectivity index (χ1n) is 9.20. The van der Waals surface area contributed by atoms with Crippen LogP contribution in [-0.2, 0) is 13.6 Å². The maximum absolute atomic E-state index is 4.75. The van der Waals surface area contributed by atoms with E-state index in [4.69, 9.17) is 5.10 Å². The van der Waals surface area contributed by atoms with E-state index in [-0.39, 0.29) is 0 Å². The number of imidazole rings is 1. The van der Waals surface area contributed by atoms with E-state index in [1.807, 2.05) is 47.3 Å². The molecule has 0 amide bonds. The van der Waals surface area contributed by atoms with Crippen LogP contribution >= 0.6 is 0 Å². The highest BCUT2D eigenvalue weighted by molar-refractivity contribution is 5.85. The molecular formula is C23H19N5. The van der Waals surface area contributed by atoms with Crippen LogP contribution in [0.15, 0.2) is 85.6 Å². The highest BCUT2D eigenvalue weighted by atomic mass is 15.3. The molecule has 5 heteroatoms. The van der Waals surface area contributed by atoms with E-state index in [1.165, 1.54) is 11.1 Å². The largest absolute Gasteiger partial charge is 0.336 e. The Morgan fingerprint density at radius 1 is 0.893 bits per heavy atom. The second kappa shape index (κ2) is 6.78. The first kappa shape index (κ1) is 16.4. The van der Waals surface area contributed by atoms with Crippen LogP contribution in [0, 0.1) is 0 Å². The lowest BCUT2D eigenvalue weighted by Gasteiger charge is -2.06. The summed E-state index contributed by atoms with van der Waals surface area (Å²) in [6.07, 6.45) is 7.51. The molecule has 0 spiro atoms. The van der Waals surface area contributed by atoms with Gasteiger partial charge >= 0.3 is 0 Å². The lowest BCUT2D eigenvalue weighted by atomic mass is 10.0. The summed E-state index contributed by atoms with van der Waals surface area (Å²) in [6.45, 7) is 0.702. The summed E-state index contributed by atoms with van der Waals surface area (Å²) in [7, 11) is 2.00. The number of rotatable bonds is 4. The van der Waals surface area contributed by atoms with Crippen molar-refractivity contribution in [1.82, 2.24) is 24.3 Å². The Morgan fingerprint density at radius 2 is 1.79 bits per heavy atom. The van der Waals surface area contributed by atoms with Crippen molar-refractivity contribution < 1.29 is 0 Å². The van der Waals surface area contributed by atoms with Gasteiger partial charge in [0, 0.05) is 30.4 Å². The molecule has 0 saturated heterocycles. The average Bonchev–Trinajstić information content (AvgIpc) is 3.37. The molecule has 0 aliphatic heterocycles. The second-order valence-electron chi connectivity index (χ2n) is 6.89. The zero-order chi connectivity index (χ0) is 18.9. The van der Waals surface area contributed by atoms with Gasteiger partial charge in [-0.2, -0.15) is 5.10 Å². The minimum Gasteiger partial charge on any atom is -0.336 e. The van der Waals surface area contributed by atoms with Gasteiger partial charge in [-0.05, 0) is 41.5 Å². The summed E-state index contributed by atoms with van der Waals surface area (Å²) in [5, 5.41) is 5.89. The number of hydrogen-bond acceptors (Lipinski definition) is 3. The smallest absolute Gasteiger partial charge is 0.0946 e. The van der Waals surface area contributed by atoms with Gasteiger partial charge in [0.1, 0.15) is 0 Å². The van der Waals surface area contributed by atoms with Crippen LogP contribution < -0.4 is 0 Å². The Bertz CT molecular complexity index is 1260. The maximum atomic E-state index is 4.75. The zero-order valence-corrected chi connectivity index (χ0v) is 15.5. The van der Waals surface area contributed by atoms with Crippen molar-refractivity contribution in [2.75, 3.05) is 0 Å². The fraction of sp³-hybridized carbons (Fsp3) is 0.0870. The van der Waals surface area contributed by atoms with Gasteiger partial charge in [0.25, 0.3) is 0 Å². The molecule has 2 aromatic carbocycles. The predicted octanol–water partition coefficient (Wildman–Crippen LogP) is 4.55. The lowest BCUT2D eigenvalue weighted by molar-refractivity contribution is 0.650. The van der Waals surface area contributed by atoms with Crippen molar-refractivity contribution in [2.24, 2.45) is 7.05 Å². The molecule has 0 N–H and O–H groups in total. The number of aromatic nitrogens is 5. The van der Waals surface area contributed by atoms with Crippen LogP contribution in [0.5, 0.6) is 0 Å². The first-order valence-corrected chi connectivity index (χ1v) is 9.20. The second-order valence-corrected chi connectivity index (χ2v) is 6.89. The zero-order valence-electron chi connectivity index (χ0n) is 15.5. The van der Waals surface area contributed by atoms with Crippen molar-refractivity contribution in [2.45, 2.75) is 6.54 Å². The average molecular weight is 365 g/mol. The molecule has 0 saturated carbocycles. The molecule has 3 heterocycles. The van der Waals surface area contributed by atoms with Crippen LogP contribution in [0.4, 0.5) is 0 Å². The van der Waals surface area contributed by atoms with Crippen molar-refractivity contribution in [3.63, 3.8) is 0 Å². The van der Waals surface area contributed by atoms with Gasteiger partial charge < -0.3 is 4.57 Å². The summed E-state index contributed by atoms with van der Waals surface area (Å²) in [4.78, 5) is 8.57. The normalized spacial score (nSPS) is 11.2. The minimum absolute atomic E-state index is 0.702. The quantitative estimate of drug-likeness (QED) is 0.469. The van der Waals surface area contributed by atoms with Crippen molar-refractivity contribution >= 4 is 10.9 Å². The fourth-order valence-corrected chi connectivity index (χ4v) is 3.42. The fourth-order valence-electron chi connectivity index (χ4n) is 3.42. The van der Waals surface area contributed by atoms with Gasteiger partial charge in [-0.3, -0.25) is 9.67 Å². The minimum atomic E-state index is 0.702. The monoisotopic (exact) mass is 365 g/mol. The third-order valence-electron chi connectivity index (χ3n) is 4.98. The molecule has 5 rings (SSSR count). The predicted molar refractivity (Wildman–Crippen MR) is 111 cm³/mol. The molecule has 28 heavy (non-hydrogen) atoms. The highest BCUT2D eigenvalue weighted by Crippen LogP contribution is 2.27. The number of pyridine rings is 1. The van der Waals surface area contributed by atoms with Crippen LogP contribution in [0.1, 0.15) is 5.69 Å². The Labute approximate surface area is 162 Å². The van der Waals surface area contributed by atoms with Gasteiger partial charge in [-0.25, -0.2) is 4.98 Å². The number of aryl methyl sites for hydroxylation is 1. The highest BCUT2D eigenvalue weighted by Gasteiger charge is 2.07. The Hall–Kier alpha value is -3.73. The molecule has 136 valence electrons. The van der Waals surface area contributed by atoms with E-state index in [1.54, 1.807) is 0 Å². The van der Waals surface area contributed by atoms with Crippen molar-refractivity contribution in [3.05, 3.63) is 91.3 Å². The van der Waals surface area contributed by atoms with Crippen LogP contribution in [-0.4, -0.2) is 24.3 Å². The van der Waals surface area contributed by atoms with E-state index >= 15 is 0 Å². The standard InChI is InChI=1S/C23H19N5/c1-27-16-24-14-21(27)15-28-11-9-23(26-28)20-5-2-4-17(12-20)18-7-8-22-19(13-18)6-3-10-25-22/h2-14,16H,15H2,1H3. The first-order chi connectivity index (χ1) is 13.8. The molecule has 0 radical (unpaired) electrons. The summed E-state index contributed by atoms with van der Waals surface area (Å²) in [5.74, 6) is 0. The molecule has 0 atom stereocenters. The van der Waals surface area contributed by atoms with Gasteiger partial charge in [-0.15, -0.1) is 0 Å². The third kappa shape index (κ3) is 3.07. The Balaban J connectivity index is 1.46. The molecule has 0 fully saturated rings. The Kier molecular flexibility index (Phi) is 3.98. The van der Waals surface area contributed by atoms with Crippen LogP contribution in [0.3, 0.4) is 0 Å². The molecule has 5 aromatic rings. The summed E-state index contributed by atoms with van der Waals surface area (Å²) >= 11 is 0. The molecule has 0 aliphatic rings. The van der Waals surface area contributed by atoms with E-state index < -0.39 is 0 Å². The van der Waals surface area contributed by atoms with Crippen molar-refractivity contribution in [3.8, 4) is 22.4 Å². The van der Waals surface area contributed by atoms with Gasteiger partial charge in [-0.1, -0.05) is 30.3 Å². The molecule has 3 aromatic heterocycles. The number of nitrogens with zero attached hydrogens (tertiary/aromatic N) is 5. The number of fused-ring (bicyclic) bond motifs is 1. The molecule has 0 aliphatic carbocycles. The molecule has 5 nitrogen and oxygen atoms in total. The van der Waals surface area contributed by atoms with E-state index in [2.05, 4.69) is 64.6 Å². The van der Waals surface area contributed by atoms with E-state index in [9.17, 15) is 0 Å². The summed E-state index contributed by atoms with van der Waals surface area (Å²) in [6, 6.07) is 21.0. The lowest BCUT2D eigenvalue weighted by Crippen LogP contribution is -2.04. The van der Waals surface area contributed by atoms with Gasteiger partial charge in [0.2, 0.25) is 0 Å².